The molecule has 0 aliphatic carbocycles. The molecule has 0 fully saturated rings. The zero-order chi connectivity index (χ0) is 19.1. The van der Waals surface area contributed by atoms with Crippen LogP contribution in [0.5, 0.6) is 11.5 Å². The lowest BCUT2D eigenvalue weighted by Crippen LogP contribution is -2.04. The summed E-state index contributed by atoms with van der Waals surface area (Å²) >= 11 is 6.50. The maximum absolute atomic E-state index is 6.50. The third kappa shape index (κ3) is 5.41. The van der Waals surface area contributed by atoms with Crippen LogP contribution in [-0.4, -0.2) is 6.61 Å². The van der Waals surface area contributed by atoms with E-state index >= 15 is 0 Å². The highest BCUT2D eigenvalue weighted by molar-refractivity contribution is 6.31. The standard InChI is InChI=1S/C23H24ClNO2/c1-3-26-22-13-19(15-25-20-11-9-17(2)10-12-20)21(24)14-23(22)27-16-18-7-5-4-6-8-18/h4-14,25H,3,15-16H2,1-2H3. The van der Waals surface area contributed by atoms with Gasteiger partial charge in [-0.15, -0.1) is 0 Å². The predicted molar refractivity (Wildman–Crippen MR) is 112 cm³/mol. The van der Waals surface area contributed by atoms with Crippen molar-refractivity contribution in [1.29, 1.82) is 0 Å². The van der Waals surface area contributed by atoms with Crippen LogP contribution in [0.3, 0.4) is 0 Å². The summed E-state index contributed by atoms with van der Waals surface area (Å²) in [6.45, 7) is 5.68. The molecule has 1 N–H and O–H groups in total. The molecule has 3 rings (SSSR count). The van der Waals surface area contributed by atoms with Gasteiger partial charge in [0.2, 0.25) is 0 Å². The molecule has 0 atom stereocenters. The average molecular weight is 382 g/mol. The predicted octanol–water partition coefficient (Wildman–Crippen LogP) is 6.24. The first-order valence-corrected chi connectivity index (χ1v) is 9.46. The molecule has 0 heterocycles. The van der Waals surface area contributed by atoms with Gasteiger partial charge in [0, 0.05) is 23.3 Å². The molecule has 0 unspecified atom stereocenters. The number of hydrogen-bond donors (Lipinski definition) is 1. The maximum atomic E-state index is 6.50. The molecule has 140 valence electrons. The Balaban J connectivity index is 1.73. The second kappa shape index (κ2) is 9.33. The Morgan fingerprint density at radius 1 is 0.889 bits per heavy atom. The summed E-state index contributed by atoms with van der Waals surface area (Å²) in [6, 6.07) is 22.1. The highest BCUT2D eigenvalue weighted by Crippen LogP contribution is 2.34. The number of aryl methyl sites for hydroxylation is 1. The first kappa shape index (κ1) is 19.1. The number of anilines is 1. The van der Waals surface area contributed by atoms with Crippen molar-refractivity contribution in [3.8, 4) is 11.5 Å². The van der Waals surface area contributed by atoms with Crippen LogP contribution in [0.2, 0.25) is 5.02 Å². The molecule has 0 aliphatic heterocycles. The minimum absolute atomic E-state index is 0.470. The van der Waals surface area contributed by atoms with Crippen LogP contribution in [0, 0.1) is 6.92 Å². The summed E-state index contributed by atoms with van der Waals surface area (Å²) in [5.74, 6) is 1.36. The molecule has 0 aliphatic rings. The first-order chi connectivity index (χ1) is 13.2. The summed E-state index contributed by atoms with van der Waals surface area (Å²) in [4.78, 5) is 0. The molecule has 0 spiro atoms. The minimum Gasteiger partial charge on any atom is -0.490 e. The van der Waals surface area contributed by atoms with Crippen molar-refractivity contribution in [3.63, 3.8) is 0 Å². The van der Waals surface area contributed by atoms with Gasteiger partial charge in [-0.25, -0.2) is 0 Å². The monoisotopic (exact) mass is 381 g/mol. The summed E-state index contributed by atoms with van der Waals surface area (Å²) in [6.07, 6.45) is 0. The second-order valence-corrected chi connectivity index (χ2v) is 6.72. The van der Waals surface area contributed by atoms with E-state index in [0.717, 1.165) is 16.8 Å². The lowest BCUT2D eigenvalue weighted by molar-refractivity contribution is 0.269. The van der Waals surface area contributed by atoms with Crippen molar-refractivity contribution in [2.24, 2.45) is 0 Å². The van der Waals surface area contributed by atoms with Gasteiger partial charge in [0.25, 0.3) is 0 Å². The molecule has 0 bridgehead atoms. The molecule has 0 aromatic heterocycles. The topological polar surface area (TPSA) is 30.5 Å². The normalized spacial score (nSPS) is 10.5. The molecule has 4 heteroatoms. The van der Waals surface area contributed by atoms with E-state index in [1.807, 2.05) is 49.4 Å². The van der Waals surface area contributed by atoms with E-state index in [-0.39, 0.29) is 0 Å². The van der Waals surface area contributed by atoms with E-state index in [2.05, 4.69) is 36.5 Å². The summed E-state index contributed by atoms with van der Waals surface area (Å²) in [7, 11) is 0. The van der Waals surface area contributed by atoms with Gasteiger partial charge in [-0.05, 0) is 43.2 Å². The van der Waals surface area contributed by atoms with Crippen molar-refractivity contribution in [3.05, 3.63) is 88.4 Å². The molecule has 0 radical (unpaired) electrons. The molecule has 3 aromatic rings. The minimum atomic E-state index is 0.470. The van der Waals surface area contributed by atoms with Gasteiger partial charge in [0.05, 0.1) is 6.61 Å². The fourth-order valence-corrected chi connectivity index (χ4v) is 2.92. The van der Waals surface area contributed by atoms with Gasteiger partial charge in [0.15, 0.2) is 11.5 Å². The van der Waals surface area contributed by atoms with Crippen molar-refractivity contribution in [1.82, 2.24) is 0 Å². The van der Waals surface area contributed by atoms with Gasteiger partial charge in [-0.3, -0.25) is 0 Å². The fraction of sp³-hybridized carbons (Fsp3) is 0.217. The summed E-state index contributed by atoms with van der Waals surface area (Å²) < 4.78 is 11.7. The number of hydrogen-bond acceptors (Lipinski definition) is 3. The SMILES string of the molecule is CCOc1cc(CNc2ccc(C)cc2)c(Cl)cc1OCc1ccccc1. The van der Waals surface area contributed by atoms with Gasteiger partial charge in [-0.1, -0.05) is 59.6 Å². The molecule has 0 amide bonds. The van der Waals surface area contributed by atoms with Gasteiger partial charge in [0.1, 0.15) is 6.61 Å². The maximum Gasteiger partial charge on any atom is 0.163 e. The Bertz CT molecular complexity index is 864. The van der Waals surface area contributed by atoms with Crippen LogP contribution < -0.4 is 14.8 Å². The zero-order valence-corrected chi connectivity index (χ0v) is 16.4. The van der Waals surface area contributed by atoms with Crippen molar-refractivity contribution < 1.29 is 9.47 Å². The van der Waals surface area contributed by atoms with Crippen molar-refractivity contribution in [2.75, 3.05) is 11.9 Å². The number of halogens is 1. The van der Waals surface area contributed by atoms with Crippen LogP contribution in [0.4, 0.5) is 5.69 Å². The van der Waals surface area contributed by atoms with Crippen LogP contribution in [0.25, 0.3) is 0 Å². The first-order valence-electron chi connectivity index (χ1n) is 9.08. The van der Waals surface area contributed by atoms with Crippen molar-refractivity contribution >= 4 is 17.3 Å². The Hall–Kier alpha value is -2.65. The van der Waals surface area contributed by atoms with Crippen LogP contribution in [0.15, 0.2) is 66.7 Å². The van der Waals surface area contributed by atoms with Gasteiger partial charge >= 0.3 is 0 Å². The van der Waals surface area contributed by atoms with Crippen LogP contribution >= 0.6 is 11.6 Å². The summed E-state index contributed by atoms with van der Waals surface area (Å²) in [5.41, 5.74) is 4.35. The highest BCUT2D eigenvalue weighted by atomic mass is 35.5. The lowest BCUT2D eigenvalue weighted by atomic mass is 10.1. The molecule has 27 heavy (non-hydrogen) atoms. The number of benzene rings is 3. The molecular formula is C23H24ClNO2. The van der Waals surface area contributed by atoms with Gasteiger partial charge < -0.3 is 14.8 Å². The van der Waals surface area contributed by atoms with E-state index in [1.165, 1.54) is 5.56 Å². The van der Waals surface area contributed by atoms with Crippen molar-refractivity contribution in [2.45, 2.75) is 27.0 Å². The Kier molecular flexibility index (Phi) is 6.61. The van der Waals surface area contributed by atoms with E-state index in [0.29, 0.717) is 36.3 Å². The third-order valence-corrected chi connectivity index (χ3v) is 4.54. The number of nitrogens with one attached hydrogen (secondary N) is 1. The third-order valence-electron chi connectivity index (χ3n) is 4.18. The highest BCUT2D eigenvalue weighted by Gasteiger charge is 2.11. The Morgan fingerprint density at radius 3 is 2.30 bits per heavy atom. The Labute approximate surface area is 165 Å². The average Bonchev–Trinajstić information content (AvgIpc) is 2.69. The smallest absolute Gasteiger partial charge is 0.163 e. The van der Waals surface area contributed by atoms with Crippen LogP contribution in [-0.2, 0) is 13.2 Å². The number of ether oxygens (including phenoxy) is 2. The molecule has 0 saturated heterocycles. The second-order valence-electron chi connectivity index (χ2n) is 6.32. The van der Waals surface area contributed by atoms with Gasteiger partial charge in [-0.2, -0.15) is 0 Å². The lowest BCUT2D eigenvalue weighted by Gasteiger charge is -2.16. The largest absolute Gasteiger partial charge is 0.490 e. The van der Waals surface area contributed by atoms with E-state index in [4.69, 9.17) is 21.1 Å². The van der Waals surface area contributed by atoms with E-state index < -0.39 is 0 Å². The molecular weight excluding hydrogens is 358 g/mol. The van der Waals surface area contributed by atoms with E-state index in [9.17, 15) is 0 Å². The molecule has 0 saturated carbocycles. The van der Waals surface area contributed by atoms with E-state index in [1.54, 1.807) is 0 Å². The molecule has 3 aromatic carbocycles. The zero-order valence-electron chi connectivity index (χ0n) is 15.7. The quantitative estimate of drug-likeness (QED) is 0.501. The number of rotatable bonds is 8. The molecule has 3 nitrogen and oxygen atoms in total. The fourth-order valence-electron chi connectivity index (χ4n) is 2.70. The van der Waals surface area contributed by atoms with Crippen LogP contribution in [0.1, 0.15) is 23.6 Å². The summed E-state index contributed by atoms with van der Waals surface area (Å²) in [5, 5.41) is 4.05. The Morgan fingerprint density at radius 2 is 1.59 bits per heavy atom.